The molecule has 0 saturated heterocycles. The predicted octanol–water partition coefficient (Wildman–Crippen LogP) is 1.54. The van der Waals surface area contributed by atoms with Crippen LogP contribution in [0.5, 0.6) is 0 Å². The van der Waals surface area contributed by atoms with Crippen molar-refractivity contribution >= 4 is 42.4 Å². The summed E-state index contributed by atoms with van der Waals surface area (Å²) in [5, 5.41) is 6.37. The Labute approximate surface area is 88.5 Å². The third kappa shape index (κ3) is 1.56. The van der Waals surface area contributed by atoms with Crippen LogP contribution in [0, 0.1) is 0 Å². The van der Waals surface area contributed by atoms with Gasteiger partial charge in [0.2, 0.25) is 0 Å². The zero-order valence-corrected chi connectivity index (χ0v) is 8.86. The molecule has 0 amide bonds. The number of aromatic nitrogens is 3. The van der Waals surface area contributed by atoms with Gasteiger partial charge >= 0.3 is 0 Å². The molecule has 0 bridgehead atoms. The zero-order valence-electron chi connectivity index (χ0n) is 6.53. The van der Waals surface area contributed by atoms with Crippen molar-refractivity contribution in [2.24, 2.45) is 0 Å². The lowest BCUT2D eigenvalue weighted by molar-refractivity contribution is 0.606. The van der Waals surface area contributed by atoms with Gasteiger partial charge in [-0.15, -0.1) is 0 Å². The summed E-state index contributed by atoms with van der Waals surface area (Å²) < 4.78 is 22.1. The second-order valence-electron chi connectivity index (χ2n) is 2.52. The molecule has 8 heteroatoms. The van der Waals surface area contributed by atoms with E-state index in [1.54, 1.807) is 0 Å². The average molecular weight is 252 g/mol. The first kappa shape index (κ1) is 9.70. The van der Waals surface area contributed by atoms with Gasteiger partial charge in [0.25, 0.3) is 9.05 Å². The van der Waals surface area contributed by atoms with Gasteiger partial charge in [-0.25, -0.2) is 13.4 Å². The van der Waals surface area contributed by atoms with Crippen LogP contribution in [0.1, 0.15) is 0 Å². The van der Waals surface area contributed by atoms with Crippen LogP contribution in [0.4, 0.5) is 0 Å². The van der Waals surface area contributed by atoms with Crippen LogP contribution in [-0.2, 0) is 9.05 Å². The van der Waals surface area contributed by atoms with Gasteiger partial charge in [-0.05, 0) is 6.07 Å². The van der Waals surface area contributed by atoms with Crippen molar-refractivity contribution in [1.82, 2.24) is 15.2 Å². The molecule has 0 unspecified atom stereocenters. The van der Waals surface area contributed by atoms with Gasteiger partial charge in [0.15, 0.2) is 10.7 Å². The van der Waals surface area contributed by atoms with Gasteiger partial charge < -0.3 is 0 Å². The van der Waals surface area contributed by atoms with E-state index >= 15 is 0 Å². The molecule has 0 fully saturated rings. The fourth-order valence-electron chi connectivity index (χ4n) is 1.04. The summed E-state index contributed by atoms with van der Waals surface area (Å²) in [7, 11) is 1.31. The molecule has 0 aliphatic heterocycles. The highest BCUT2D eigenvalue weighted by Gasteiger charge is 2.18. The first-order valence-corrected chi connectivity index (χ1v) is 6.11. The van der Waals surface area contributed by atoms with E-state index in [2.05, 4.69) is 15.2 Å². The highest BCUT2D eigenvalue weighted by molar-refractivity contribution is 8.13. The molecule has 74 valence electrons. The molecule has 2 rings (SSSR count). The van der Waals surface area contributed by atoms with Crippen LogP contribution in [0.15, 0.2) is 17.3 Å². The van der Waals surface area contributed by atoms with Crippen molar-refractivity contribution in [2.75, 3.05) is 0 Å². The average Bonchev–Trinajstić information content (AvgIpc) is 2.45. The molecule has 2 aromatic heterocycles. The number of pyridine rings is 1. The number of rotatable bonds is 1. The van der Waals surface area contributed by atoms with E-state index in [0.29, 0.717) is 5.02 Å². The standard InChI is InChI=1S/C6H3Cl2N3O2S/c7-3-1-4-5(9-2-3)10-11-6(4)14(8,12)13/h1-2H,(H,9,10,11). The highest BCUT2D eigenvalue weighted by Crippen LogP contribution is 2.23. The largest absolute Gasteiger partial charge is 0.278 e. The Morgan fingerprint density at radius 2 is 2.14 bits per heavy atom. The fourth-order valence-corrected chi connectivity index (χ4v) is 2.12. The summed E-state index contributed by atoms with van der Waals surface area (Å²) >= 11 is 5.66. The van der Waals surface area contributed by atoms with Crippen LogP contribution >= 0.6 is 22.3 Å². The van der Waals surface area contributed by atoms with E-state index in [1.165, 1.54) is 12.3 Å². The topological polar surface area (TPSA) is 75.7 Å². The van der Waals surface area contributed by atoms with Crippen molar-refractivity contribution in [3.63, 3.8) is 0 Å². The molecule has 5 nitrogen and oxygen atoms in total. The maximum absolute atomic E-state index is 11.0. The van der Waals surface area contributed by atoms with E-state index in [-0.39, 0.29) is 16.1 Å². The Kier molecular flexibility index (Phi) is 2.13. The highest BCUT2D eigenvalue weighted by atomic mass is 35.7. The molecule has 14 heavy (non-hydrogen) atoms. The molecular formula is C6H3Cl2N3O2S. The normalized spacial score (nSPS) is 12.1. The third-order valence-electron chi connectivity index (χ3n) is 1.59. The number of halogens is 2. The summed E-state index contributed by atoms with van der Waals surface area (Å²) in [5.41, 5.74) is 0.258. The van der Waals surface area contributed by atoms with E-state index in [4.69, 9.17) is 22.3 Å². The van der Waals surface area contributed by atoms with Crippen molar-refractivity contribution in [3.8, 4) is 0 Å². The summed E-state index contributed by atoms with van der Waals surface area (Å²) in [6, 6.07) is 1.43. The Hall–Kier alpha value is -0.850. The SMILES string of the molecule is O=S(=O)(Cl)c1[nH]nc2ncc(Cl)cc12. The Morgan fingerprint density at radius 3 is 2.79 bits per heavy atom. The number of fused-ring (bicyclic) bond motifs is 1. The number of hydrogen-bond donors (Lipinski definition) is 1. The first-order valence-electron chi connectivity index (χ1n) is 3.43. The van der Waals surface area contributed by atoms with Crippen LogP contribution in [0.25, 0.3) is 11.0 Å². The van der Waals surface area contributed by atoms with Crippen molar-refractivity contribution < 1.29 is 8.42 Å². The predicted molar refractivity (Wildman–Crippen MR) is 51.9 cm³/mol. The van der Waals surface area contributed by atoms with E-state index < -0.39 is 9.05 Å². The monoisotopic (exact) mass is 251 g/mol. The smallest absolute Gasteiger partial charge is 0.264 e. The Morgan fingerprint density at radius 1 is 1.43 bits per heavy atom. The van der Waals surface area contributed by atoms with Crippen LogP contribution in [-0.4, -0.2) is 23.6 Å². The van der Waals surface area contributed by atoms with Gasteiger partial charge in [0.05, 0.1) is 10.4 Å². The second kappa shape index (κ2) is 3.08. The maximum atomic E-state index is 11.0. The summed E-state index contributed by atoms with van der Waals surface area (Å²) in [6.45, 7) is 0. The first-order chi connectivity index (χ1) is 6.48. The number of aromatic amines is 1. The quantitative estimate of drug-likeness (QED) is 0.781. The van der Waals surface area contributed by atoms with Gasteiger partial charge in [0, 0.05) is 16.9 Å². The summed E-state index contributed by atoms with van der Waals surface area (Å²) in [4.78, 5) is 3.82. The van der Waals surface area contributed by atoms with E-state index in [1.807, 2.05) is 0 Å². The second-order valence-corrected chi connectivity index (χ2v) is 5.45. The molecule has 0 aliphatic carbocycles. The van der Waals surface area contributed by atoms with Crippen molar-refractivity contribution in [1.29, 1.82) is 0 Å². The summed E-state index contributed by atoms with van der Waals surface area (Å²) in [5.74, 6) is 0. The van der Waals surface area contributed by atoms with Crippen LogP contribution in [0.2, 0.25) is 5.02 Å². The fraction of sp³-hybridized carbons (Fsp3) is 0. The van der Waals surface area contributed by atoms with Gasteiger partial charge in [-0.3, -0.25) is 5.10 Å². The lowest BCUT2D eigenvalue weighted by Crippen LogP contribution is -1.91. The third-order valence-corrected chi connectivity index (χ3v) is 3.05. The molecule has 0 saturated carbocycles. The van der Waals surface area contributed by atoms with Crippen molar-refractivity contribution in [2.45, 2.75) is 5.03 Å². The molecule has 0 radical (unpaired) electrons. The molecule has 0 atom stereocenters. The summed E-state index contributed by atoms with van der Waals surface area (Å²) in [6.07, 6.45) is 1.37. The maximum Gasteiger partial charge on any atom is 0.278 e. The van der Waals surface area contributed by atoms with Gasteiger partial charge in [-0.1, -0.05) is 11.6 Å². The number of H-pyrrole nitrogens is 1. The van der Waals surface area contributed by atoms with Crippen LogP contribution in [0.3, 0.4) is 0 Å². The van der Waals surface area contributed by atoms with E-state index in [0.717, 1.165) is 0 Å². The molecule has 0 aromatic carbocycles. The van der Waals surface area contributed by atoms with Crippen molar-refractivity contribution in [3.05, 3.63) is 17.3 Å². The zero-order chi connectivity index (χ0) is 10.3. The molecule has 2 aromatic rings. The lowest BCUT2D eigenvalue weighted by Gasteiger charge is -1.91. The molecule has 0 aliphatic rings. The number of nitrogens with one attached hydrogen (secondary N) is 1. The minimum Gasteiger partial charge on any atom is -0.264 e. The van der Waals surface area contributed by atoms with Gasteiger partial charge in [0.1, 0.15) is 0 Å². The number of hydrogen-bond acceptors (Lipinski definition) is 4. The minimum absolute atomic E-state index is 0.191. The molecule has 1 N–H and O–H groups in total. The van der Waals surface area contributed by atoms with Crippen LogP contribution < -0.4 is 0 Å². The molecular weight excluding hydrogens is 249 g/mol. The Bertz CT molecular complexity index is 592. The molecule has 0 spiro atoms. The Balaban J connectivity index is 2.87. The number of nitrogens with zero attached hydrogens (tertiary/aromatic N) is 2. The molecule has 2 heterocycles. The van der Waals surface area contributed by atoms with E-state index in [9.17, 15) is 8.42 Å². The lowest BCUT2D eigenvalue weighted by atomic mass is 10.4. The minimum atomic E-state index is -3.85. The van der Waals surface area contributed by atoms with Gasteiger partial charge in [-0.2, -0.15) is 5.10 Å².